The molecule has 0 bridgehead atoms. The van der Waals surface area contributed by atoms with Crippen molar-refractivity contribution in [3.63, 3.8) is 0 Å². The summed E-state index contributed by atoms with van der Waals surface area (Å²) in [5.41, 5.74) is 0. The summed E-state index contributed by atoms with van der Waals surface area (Å²) in [6, 6.07) is 0. The number of carboxylic acids is 1. The number of nitrogens with zero attached hydrogens (tertiary/aromatic N) is 1. The Morgan fingerprint density at radius 2 is 0.720 bits per heavy atom. The highest BCUT2D eigenvalue weighted by Gasteiger charge is 2.25. The number of carbonyl (C=O) groups excluding carboxylic acids is 2. The molecule has 0 aliphatic heterocycles. The number of rotatable bonds is 58. The molecule has 0 saturated carbocycles. The number of ether oxygens (including phenoxy) is 4. The minimum atomic E-state index is -1.51. The molecule has 0 radical (unpaired) electrons. The number of carbonyl (C=O) groups is 3. The number of carboxylic acid groups (broad SMARTS) is 1. The number of hydrogen-bond acceptors (Lipinski definition) is 7. The molecular formula is C66H120NO8+. The Labute approximate surface area is 463 Å². The fraction of sp³-hybridized carbons (Fsp3) is 0.803. The van der Waals surface area contributed by atoms with E-state index in [0.717, 1.165) is 70.6 Å². The predicted octanol–water partition coefficient (Wildman–Crippen LogP) is 18.8. The molecule has 75 heavy (non-hydrogen) atoms. The van der Waals surface area contributed by atoms with Crippen molar-refractivity contribution >= 4 is 17.9 Å². The van der Waals surface area contributed by atoms with E-state index in [9.17, 15) is 19.5 Å². The van der Waals surface area contributed by atoms with Gasteiger partial charge in [-0.1, -0.05) is 248 Å². The molecule has 9 nitrogen and oxygen atoms in total. The van der Waals surface area contributed by atoms with E-state index in [1.165, 1.54) is 186 Å². The third-order valence-corrected chi connectivity index (χ3v) is 13.7. The van der Waals surface area contributed by atoms with Gasteiger partial charge in [-0.05, 0) is 83.5 Å². The summed E-state index contributed by atoms with van der Waals surface area (Å²) in [6.07, 6.45) is 70.3. The Kier molecular flexibility index (Phi) is 54.9. The first-order chi connectivity index (χ1) is 36.6. The molecule has 0 aliphatic carbocycles. The number of aliphatic carboxylic acids is 1. The zero-order valence-corrected chi connectivity index (χ0v) is 49.7. The van der Waals surface area contributed by atoms with Crippen molar-refractivity contribution < 1.29 is 42.9 Å². The normalized spacial score (nSPS) is 13.1. The molecule has 0 aromatic rings. The smallest absolute Gasteiger partial charge is 0.361 e. The van der Waals surface area contributed by atoms with E-state index < -0.39 is 24.3 Å². The van der Waals surface area contributed by atoms with E-state index in [4.69, 9.17) is 18.9 Å². The van der Waals surface area contributed by atoms with Crippen LogP contribution < -0.4 is 0 Å². The van der Waals surface area contributed by atoms with Gasteiger partial charge in [0.05, 0.1) is 34.4 Å². The Morgan fingerprint density at radius 1 is 0.400 bits per heavy atom. The zero-order valence-electron chi connectivity index (χ0n) is 49.7. The van der Waals surface area contributed by atoms with Gasteiger partial charge < -0.3 is 28.5 Å². The van der Waals surface area contributed by atoms with Crippen molar-refractivity contribution in [3.8, 4) is 0 Å². The lowest BCUT2D eigenvalue weighted by atomic mass is 10.0. The number of esters is 2. The number of hydrogen-bond donors (Lipinski definition) is 1. The van der Waals surface area contributed by atoms with Gasteiger partial charge in [-0.3, -0.25) is 9.59 Å². The molecular weight excluding hydrogens is 935 g/mol. The number of allylic oxidation sites excluding steroid dienone is 10. The van der Waals surface area contributed by atoms with Crippen LogP contribution in [0.4, 0.5) is 0 Å². The number of unbranched alkanes of at least 4 members (excludes halogenated alkanes) is 33. The van der Waals surface area contributed by atoms with Crippen molar-refractivity contribution in [2.75, 3.05) is 47.5 Å². The average Bonchev–Trinajstić information content (AvgIpc) is 3.38. The lowest BCUT2D eigenvalue weighted by Gasteiger charge is -2.25. The highest BCUT2D eigenvalue weighted by atomic mass is 16.7. The van der Waals surface area contributed by atoms with Crippen LogP contribution in [0.1, 0.15) is 284 Å². The van der Waals surface area contributed by atoms with Gasteiger partial charge in [0.2, 0.25) is 0 Å². The summed E-state index contributed by atoms with van der Waals surface area (Å²) in [5, 5.41) is 9.71. The van der Waals surface area contributed by atoms with Crippen LogP contribution in [-0.2, 0) is 33.3 Å². The van der Waals surface area contributed by atoms with Gasteiger partial charge in [0.25, 0.3) is 6.29 Å². The lowest BCUT2D eigenvalue weighted by Crippen LogP contribution is -2.40. The standard InChI is InChI=1S/C66H119NO8/c1-6-8-10-12-14-16-18-20-22-24-25-26-27-28-29-30-31-32-33-34-35-36-37-38-39-41-43-45-47-49-51-53-55-57-64(69)75-62(61-74-66(65(70)71)72-59-58-67(3,4)5)60-73-63(68)56-54-52-50-48-46-44-42-40-23-21-19-17-15-13-11-9-7-2/h15,17-18,20-21,23-25,27-28,62,66H,6-14,16,19,22,26,29-61H2,1-5H3/p+1/b17-15-,20-18-,23-21-,25-24-,28-27-. The van der Waals surface area contributed by atoms with Gasteiger partial charge >= 0.3 is 17.9 Å². The van der Waals surface area contributed by atoms with Crippen molar-refractivity contribution in [3.05, 3.63) is 60.8 Å². The molecule has 2 unspecified atom stereocenters. The van der Waals surface area contributed by atoms with Crippen molar-refractivity contribution in [1.82, 2.24) is 0 Å². The summed E-state index contributed by atoms with van der Waals surface area (Å²) < 4.78 is 22.9. The average molecular weight is 1060 g/mol. The van der Waals surface area contributed by atoms with Gasteiger partial charge in [0.1, 0.15) is 13.2 Å². The van der Waals surface area contributed by atoms with Crippen LogP contribution in [0.15, 0.2) is 60.8 Å². The summed E-state index contributed by atoms with van der Waals surface area (Å²) in [7, 11) is 5.97. The van der Waals surface area contributed by atoms with E-state index in [1.54, 1.807) is 0 Å². The van der Waals surface area contributed by atoms with Crippen LogP contribution >= 0.6 is 0 Å². The maximum atomic E-state index is 12.9. The Bertz CT molecular complexity index is 1410. The molecule has 0 saturated heterocycles. The van der Waals surface area contributed by atoms with Crippen LogP contribution in [0.2, 0.25) is 0 Å². The van der Waals surface area contributed by atoms with Crippen LogP contribution in [0.5, 0.6) is 0 Å². The van der Waals surface area contributed by atoms with Crippen LogP contribution in [0.25, 0.3) is 0 Å². The predicted molar refractivity (Wildman–Crippen MR) is 318 cm³/mol. The van der Waals surface area contributed by atoms with Crippen LogP contribution in [0.3, 0.4) is 0 Å². The fourth-order valence-electron chi connectivity index (χ4n) is 8.88. The molecule has 0 spiro atoms. The highest BCUT2D eigenvalue weighted by Crippen LogP contribution is 2.17. The van der Waals surface area contributed by atoms with Gasteiger partial charge in [0, 0.05) is 12.8 Å². The third kappa shape index (κ3) is 58.5. The Morgan fingerprint density at radius 3 is 1.09 bits per heavy atom. The summed E-state index contributed by atoms with van der Waals surface area (Å²) >= 11 is 0. The van der Waals surface area contributed by atoms with Crippen molar-refractivity contribution in [2.45, 2.75) is 296 Å². The SMILES string of the molecule is CCCCC/C=C\C/C=C\CCCCCCCCCC(=O)OCC(COC(OCC[N+](C)(C)C)C(=O)O)OC(=O)CCCCCCCCCCCCCCCCCCCC/C=C\C/C=C\C/C=C\CCCCCCC. The second-order valence-electron chi connectivity index (χ2n) is 22.4. The first-order valence-electron chi connectivity index (χ1n) is 31.5. The van der Waals surface area contributed by atoms with Crippen molar-refractivity contribution in [2.24, 2.45) is 0 Å². The first kappa shape index (κ1) is 72.0. The van der Waals surface area contributed by atoms with Gasteiger partial charge in [0.15, 0.2) is 6.10 Å². The van der Waals surface area contributed by atoms with Gasteiger partial charge in [-0.2, -0.15) is 0 Å². The second kappa shape index (κ2) is 57.2. The molecule has 0 rings (SSSR count). The zero-order chi connectivity index (χ0) is 54.8. The van der Waals surface area contributed by atoms with E-state index in [1.807, 2.05) is 21.1 Å². The van der Waals surface area contributed by atoms with E-state index in [0.29, 0.717) is 17.4 Å². The first-order valence-corrected chi connectivity index (χ1v) is 31.5. The molecule has 1 N–H and O–H groups in total. The maximum absolute atomic E-state index is 12.9. The molecule has 0 aromatic heterocycles. The van der Waals surface area contributed by atoms with Crippen molar-refractivity contribution in [1.29, 1.82) is 0 Å². The highest BCUT2D eigenvalue weighted by molar-refractivity contribution is 5.71. The topological polar surface area (TPSA) is 108 Å². The molecule has 0 amide bonds. The largest absolute Gasteiger partial charge is 0.477 e. The van der Waals surface area contributed by atoms with Crippen LogP contribution in [-0.4, -0.2) is 87.4 Å². The Balaban J connectivity index is 4.11. The quantitative estimate of drug-likeness (QED) is 0.0211. The summed E-state index contributed by atoms with van der Waals surface area (Å²) in [6.45, 7) is 4.86. The molecule has 2 atom stereocenters. The minimum Gasteiger partial charge on any atom is -0.477 e. The summed E-state index contributed by atoms with van der Waals surface area (Å²) in [4.78, 5) is 37.5. The monoisotopic (exact) mass is 1050 g/mol. The number of likely N-dealkylation sites (N-methyl/N-ethyl adjacent to an activating group) is 1. The van der Waals surface area contributed by atoms with E-state index in [-0.39, 0.29) is 32.2 Å². The number of quaternary nitrogens is 1. The van der Waals surface area contributed by atoms with Gasteiger partial charge in [-0.15, -0.1) is 0 Å². The third-order valence-electron chi connectivity index (χ3n) is 13.7. The molecule has 0 heterocycles. The maximum Gasteiger partial charge on any atom is 0.361 e. The van der Waals surface area contributed by atoms with E-state index >= 15 is 0 Å². The molecule has 9 heteroatoms. The minimum absolute atomic E-state index is 0.185. The van der Waals surface area contributed by atoms with Gasteiger partial charge in [-0.25, -0.2) is 4.79 Å². The Hall–Kier alpha value is -3.01. The molecule has 0 fully saturated rings. The van der Waals surface area contributed by atoms with Crippen LogP contribution in [0, 0.1) is 0 Å². The lowest BCUT2D eigenvalue weighted by molar-refractivity contribution is -0.870. The fourth-order valence-corrected chi connectivity index (χ4v) is 8.88. The summed E-state index contributed by atoms with van der Waals surface area (Å²) in [5.74, 6) is -2.00. The molecule has 0 aromatic carbocycles. The molecule has 436 valence electrons. The van der Waals surface area contributed by atoms with E-state index in [2.05, 4.69) is 74.6 Å². The molecule has 0 aliphatic rings. The second-order valence-corrected chi connectivity index (χ2v) is 22.4.